The van der Waals surface area contributed by atoms with Gasteiger partial charge >= 0.3 is 0 Å². The summed E-state index contributed by atoms with van der Waals surface area (Å²) in [7, 11) is 0. The highest BCUT2D eigenvalue weighted by Gasteiger charge is 2.40. The van der Waals surface area contributed by atoms with Crippen molar-refractivity contribution in [2.45, 2.75) is 68.7 Å². The molecule has 0 saturated carbocycles. The number of anilines is 1. The van der Waals surface area contributed by atoms with E-state index in [0.717, 1.165) is 31.4 Å². The van der Waals surface area contributed by atoms with E-state index in [4.69, 9.17) is 10.7 Å². The van der Waals surface area contributed by atoms with Crippen LogP contribution in [0.25, 0.3) is 0 Å². The summed E-state index contributed by atoms with van der Waals surface area (Å²) in [4.78, 5) is 34.6. The van der Waals surface area contributed by atoms with Crippen molar-refractivity contribution in [1.29, 1.82) is 5.26 Å². The molecule has 3 atom stereocenters. The number of nitrogens with zero attached hydrogens (tertiary/aromatic N) is 4. The molecule has 3 N–H and O–H groups in total. The summed E-state index contributed by atoms with van der Waals surface area (Å²) in [5.74, 6) is 0.471. The third kappa shape index (κ3) is 5.39. The lowest BCUT2D eigenvalue weighted by Gasteiger charge is -2.33. The van der Waals surface area contributed by atoms with Gasteiger partial charge in [0.05, 0.1) is 34.7 Å². The van der Waals surface area contributed by atoms with Gasteiger partial charge in [0.15, 0.2) is 0 Å². The van der Waals surface area contributed by atoms with Gasteiger partial charge < -0.3 is 16.0 Å². The first-order chi connectivity index (χ1) is 16.8. The highest BCUT2D eigenvalue weighted by molar-refractivity contribution is 8.00. The summed E-state index contributed by atoms with van der Waals surface area (Å²) in [5, 5.41) is 12.5. The molecule has 1 aromatic heterocycles. The van der Waals surface area contributed by atoms with Crippen LogP contribution in [0.3, 0.4) is 0 Å². The molecular weight excluding hydrogens is 460 g/mol. The smallest absolute Gasteiger partial charge is 0.269 e. The van der Waals surface area contributed by atoms with Crippen LogP contribution in [-0.2, 0) is 11.3 Å². The van der Waals surface area contributed by atoms with E-state index in [0.29, 0.717) is 41.1 Å². The number of carbonyl (C=O) groups excluding carboxylic acids is 1. The SMILES string of the molecule is CC(C)CCNC(=O)C1c2nc(N3CCCC(N)C3)n(Cc3ccccc3C#N)c(=O)c2SC1C. The van der Waals surface area contributed by atoms with Crippen LogP contribution in [0.1, 0.15) is 62.8 Å². The Labute approximate surface area is 210 Å². The van der Waals surface area contributed by atoms with Crippen molar-refractivity contribution >= 4 is 23.6 Å². The van der Waals surface area contributed by atoms with E-state index in [9.17, 15) is 14.9 Å². The van der Waals surface area contributed by atoms with Crippen LogP contribution in [0.15, 0.2) is 34.0 Å². The fourth-order valence-electron chi connectivity index (χ4n) is 4.78. The van der Waals surface area contributed by atoms with E-state index in [-0.39, 0.29) is 29.3 Å². The van der Waals surface area contributed by atoms with Crippen LogP contribution >= 0.6 is 11.8 Å². The fourth-order valence-corrected chi connectivity index (χ4v) is 6.05. The van der Waals surface area contributed by atoms with Gasteiger partial charge in [-0.05, 0) is 36.8 Å². The number of nitrogens with one attached hydrogen (secondary N) is 1. The monoisotopic (exact) mass is 494 g/mol. The van der Waals surface area contributed by atoms with Gasteiger partial charge in [-0.2, -0.15) is 5.26 Å². The Kier molecular flexibility index (Phi) is 7.82. The molecule has 8 nitrogen and oxygen atoms in total. The number of nitrogens with two attached hydrogens (primary N) is 1. The molecule has 1 amide bonds. The summed E-state index contributed by atoms with van der Waals surface area (Å²) >= 11 is 1.42. The second-order valence-corrected chi connectivity index (χ2v) is 11.3. The minimum atomic E-state index is -0.479. The first-order valence-corrected chi connectivity index (χ1v) is 13.3. The molecule has 0 spiro atoms. The van der Waals surface area contributed by atoms with E-state index in [1.54, 1.807) is 10.6 Å². The average Bonchev–Trinajstić information content (AvgIpc) is 3.17. The molecule has 0 radical (unpaired) electrons. The molecule has 2 aliphatic heterocycles. The lowest BCUT2D eigenvalue weighted by molar-refractivity contribution is -0.122. The Morgan fingerprint density at radius 2 is 2.14 bits per heavy atom. The molecule has 0 bridgehead atoms. The third-order valence-corrected chi connectivity index (χ3v) is 7.98. The Bertz CT molecular complexity index is 1190. The molecule has 0 aliphatic carbocycles. The van der Waals surface area contributed by atoms with Crippen LogP contribution in [-0.4, -0.2) is 46.4 Å². The molecule has 1 saturated heterocycles. The number of rotatable bonds is 7. The quantitative estimate of drug-likeness (QED) is 0.608. The molecule has 186 valence electrons. The van der Waals surface area contributed by atoms with Gasteiger partial charge in [-0.1, -0.05) is 39.0 Å². The minimum Gasteiger partial charge on any atom is -0.355 e. The number of aromatic nitrogens is 2. The first-order valence-electron chi connectivity index (χ1n) is 12.4. The molecule has 1 aromatic carbocycles. The van der Waals surface area contributed by atoms with E-state index in [1.165, 1.54) is 11.8 Å². The lowest BCUT2D eigenvalue weighted by atomic mass is 10.0. The van der Waals surface area contributed by atoms with Gasteiger partial charge in [0.1, 0.15) is 0 Å². The Morgan fingerprint density at radius 1 is 1.37 bits per heavy atom. The van der Waals surface area contributed by atoms with Crippen LogP contribution in [0.4, 0.5) is 5.95 Å². The zero-order valence-corrected chi connectivity index (χ0v) is 21.5. The standard InChI is InChI=1S/C26H34N6O2S/c1-16(2)10-11-29-24(33)21-17(3)35-23-22(21)30-26(31-12-6-9-20(28)15-31)32(25(23)34)14-19-8-5-4-7-18(19)13-27/h4-5,7-8,16-17,20-21H,6,9-12,14-15,28H2,1-3H3,(H,29,33). The lowest BCUT2D eigenvalue weighted by Crippen LogP contribution is -2.46. The molecule has 1 fully saturated rings. The Morgan fingerprint density at radius 3 is 2.86 bits per heavy atom. The average molecular weight is 495 g/mol. The van der Waals surface area contributed by atoms with E-state index < -0.39 is 5.92 Å². The maximum atomic E-state index is 13.9. The minimum absolute atomic E-state index is 0.00261. The van der Waals surface area contributed by atoms with Gasteiger partial charge in [0.2, 0.25) is 11.9 Å². The zero-order chi connectivity index (χ0) is 25.1. The Hall–Kier alpha value is -2.83. The molecule has 3 heterocycles. The summed E-state index contributed by atoms with van der Waals surface area (Å²) in [6, 6.07) is 9.53. The van der Waals surface area contributed by atoms with Gasteiger partial charge in [0.25, 0.3) is 5.56 Å². The number of benzene rings is 1. The van der Waals surface area contributed by atoms with Crippen molar-refractivity contribution in [3.8, 4) is 6.07 Å². The van der Waals surface area contributed by atoms with Crippen LogP contribution in [0.5, 0.6) is 0 Å². The highest BCUT2D eigenvalue weighted by atomic mass is 32.2. The summed E-state index contributed by atoms with van der Waals surface area (Å²) in [6.45, 7) is 8.41. The molecule has 2 aliphatic rings. The topological polar surface area (TPSA) is 117 Å². The predicted molar refractivity (Wildman–Crippen MR) is 139 cm³/mol. The van der Waals surface area contributed by atoms with Crippen molar-refractivity contribution < 1.29 is 4.79 Å². The van der Waals surface area contributed by atoms with Crippen LogP contribution in [0.2, 0.25) is 0 Å². The number of piperidine rings is 1. The number of amides is 1. The van der Waals surface area contributed by atoms with Crippen molar-refractivity contribution in [3.63, 3.8) is 0 Å². The molecular formula is C26H34N6O2S. The molecule has 35 heavy (non-hydrogen) atoms. The van der Waals surface area contributed by atoms with Gasteiger partial charge in [-0.15, -0.1) is 11.8 Å². The van der Waals surface area contributed by atoms with Crippen molar-refractivity contribution in [2.75, 3.05) is 24.5 Å². The second-order valence-electron chi connectivity index (χ2n) is 9.91. The summed E-state index contributed by atoms with van der Waals surface area (Å²) < 4.78 is 1.66. The summed E-state index contributed by atoms with van der Waals surface area (Å²) in [5.41, 5.74) is 7.97. The number of nitriles is 1. The maximum absolute atomic E-state index is 13.9. The largest absolute Gasteiger partial charge is 0.355 e. The predicted octanol–water partition coefficient (Wildman–Crippen LogP) is 2.83. The molecule has 4 rings (SSSR count). The fraction of sp³-hybridized carbons (Fsp3) is 0.538. The van der Waals surface area contributed by atoms with E-state index in [1.807, 2.05) is 25.1 Å². The number of hydrogen-bond acceptors (Lipinski definition) is 7. The number of thioether (sulfide) groups is 1. The van der Waals surface area contributed by atoms with Crippen LogP contribution < -0.4 is 21.5 Å². The van der Waals surface area contributed by atoms with Gasteiger partial charge in [-0.25, -0.2) is 4.98 Å². The van der Waals surface area contributed by atoms with E-state index >= 15 is 0 Å². The molecule has 3 unspecified atom stereocenters. The third-order valence-electron chi connectivity index (χ3n) is 6.71. The maximum Gasteiger partial charge on any atom is 0.269 e. The number of fused-ring (bicyclic) bond motifs is 1. The van der Waals surface area contributed by atoms with Crippen molar-refractivity contribution in [2.24, 2.45) is 11.7 Å². The molecule has 2 aromatic rings. The zero-order valence-electron chi connectivity index (χ0n) is 20.7. The van der Waals surface area contributed by atoms with Gasteiger partial charge in [-0.3, -0.25) is 14.2 Å². The van der Waals surface area contributed by atoms with Crippen LogP contribution in [0, 0.1) is 17.2 Å². The Balaban J connectivity index is 1.77. The van der Waals surface area contributed by atoms with E-state index in [2.05, 4.69) is 30.1 Å². The highest BCUT2D eigenvalue weighted by Crippen LogP contribution is 2.43. The first kappa shape index (κ1) is 25.3. The normalized spacial score (nSPS) is 21.6. The second kappa shape index (κ2) is 10.8. The number of carbonyl (C=O) groups is 1. The summed E-state index contributed by atoms with van der Waals surface area (Å²) in [6.07, 6.45) is 2.74. The number of hydrogen-bond donors (Lipinski definition) is 2. The molecule has 9 heteroatoms. The van der Waals surface area contributed by atoms with Crippen molar-refractivity contribution in [3.05, 3.63) is 51.4 Å². The van der Waals surface area contributed by atoms with Gasteiger partial charge in [0, 0.05) is 30.9 Å². The van der Waals surface area contributed by atoms with Crippen molar-refractivity contribution in [1.82, 2.24) is 14.9 Å².